The Hall–Kier alpha value is -0.430. The van der Waals surface area contributed by atoms with Crippen molar-refractivity contribution in [3.8, 4) is 0 Å². The van der Waals surface area contributed by atoms with Crippen LogP contribution in [0.1, 0.15) is 18.4 Å². The quantitative estimate of drug-likeness (QED) is 0.664. The van der Waals surface area contributed by atoms with Crippen molar-refractivity contribution in [2.24, 2.45) is 0 Å². The second kappa shape index (κ2) is 4.45. The largest absolute Gasteiger partial charge is 0.165 e. The fraction of sp³-hybridized carbons (Fsp3) is 0.400. The Morgan fingerprint density at radius 3 is 2.45 bits per heavy atom. The van der Waals surface area contributed by atoms with E-state index in [0.717, 1.165) is 0 Å². The summed E-state index contributed by atoms with van der Waals surface area (Å²) < 4.78 is 0. The van der Waals surface area contributed by atoms with E-state index < -0.39 is 0 Å². The smallest absolute Gasteiger partial charge is 0.000397 e. The van der Waals surface area contributed by atoms with Gasteiger partial charge in [-0.3, -0.25) is 0 Å². The Balaban J connectivity index is 2.61. The van der Waals surface area contributed by atoms with E-state index in [1.54, 1.807) is 0 Å². The molecule has 11 heavy (non-hydrogen) atoms. The second-order valence-electron chi connectivity index (χ2n) is 2.77. The molecule has 1 aromatic carbocycles. The minimum absolute atomic E-state index is 0.686. The van der Waals surface area contributed by atoms with Crippen molar-refractivity contribution in [3.05, 3.63) is 35.9 Å². The lowest BCUT2D eigenvalue weighted by atomic mass is 10.0. The zero-order chi connectivity index (χ0) is 8.10. The highest BCUT2D eigenvalue weighted by Crippen LogP contribution is 2.17. The van der Waals surface area contributed by atoms with Gasteiger partial charge in [-0.2, -0.15) is 11.8 Å². The Kier molecular flexibility index (Phi) is 3.50. The molecule has 1 atom stereocenters. The summed E-state index contributed by atoms with van der Waals surface area (Å²) in [5, 5.41) is 0. The van der Waals surface area contributed by atoms with E-state index in [0.29, 0.717) is 5.92 Å². The van der Waals surface area contributed by atoms with Gasteiger partial charge < -0.3 is 0 Å². The van der Waals surface area contributed by atoms with Crippen molar-refractivity contribution in [2.45, 2.75) is 12.8 Å². The average molecular weight is 166 g/mol. The Morgan fingerprint density at radius 1 is 1.27 bits per heavy atom. The maximum Gasteiger partial charge on any atom is -0.000397 e. The molecule has 0 N–H and O–H groups in total. The minimum Gasteiger partial charge on any atom is -0.165 e. The number of rotatable bonds is 3. The van der Waals surface area contributed by atoms with Crippen molar-refractivity contribution >= 4 is 11.8 Å². The molecular weight excluding hydrogens is 152 g/mol. The average Bonchev–Trinajstić information content (AvgIpc) is 2.07. The maximum absolute atomic E-state index is 2.27. The van der Waals surface area contributed by atoms with Crippen LogP contribution in [0.25, 0.3) is 0 Å². The van der Waals surface area contributed by atoms with Crippen LogP contribution in [0.2, 0.25) is 0 Å². The molecule has 1 aromatic rings. The predicted molar refractivity (Wildman–Crippen MR) is 53.2 cm³/mol. The maximum atomic E-state index is 2.27. The summed E-state index contributed by atoms with van der Waals surface area (Å²) >= 11 is 1.90. The normalized spacial score (nSPS) is 12.9. The SMILES string of the molecule is CSCC(C)c1ccccc1. The molecule has 0 saturated carbocycles. The molecule has 0 fully saturated rings. The predicted octanol–water partition coefficient (Wildman–Crippen LogP) is 3.15. The molecule has 0 spiro atoms. The number of benzene rings is 1. The van der Waals surface area contributed by atoms with Gasteiger partial charge in [-0.25, -0.2) is 0 Å². The molecular formula is C10H14S. The first-order valence-electron chi connectivity index (χ1n) is 3.88. The van der Waals surface area contributed by atoms with E-state index >= 15 is 0 Å². The molecule has 0 amide bonds. The van der Waals surface area contributed by atoms with E-state index in [-0.39, 0.29) is 0 Å². The van der Waals surface area contributed by atoms with Gasteiger partial charge in [-0.15, -0.1) is 0 Å². The van der Waals surface area contributed by atoms with Crippen molar-refractivity contribution in [1.29, 1.82) is 0 Å². The Bertz CT molecular complexity index is 193. The van der Waals surface area contributed by atoms with Crippen LogP contribution in [0.4, 0.5) is 0 Å². The first-order valence-corrected chi connectivity index (χ1v) is 5.28. The monoisotopic (exact) mass is 166 g/mol. The highest BCUT2D eigenvalue weighted by molar-refractivity contribution is 7.98. The van der Waals surface area contributed by atoms with E-state index in [1.165, 1.54) is 11.3 Å². The van der Waals surface area contributed by atoms with Crippen LogP contribution in [0.5, 0.6) is 0 Å². The first kappa shape index (κ1) is 8.66. The van der Waals surface area contributed by atoms with E-state index in [2.05, 4.69) is 43.5 Å². The van der Waals surface area contributed by atoms with E-state index in [4.69, 9.17) is 0 Å². The van der Waals surface area contributed by atoms with Gasteiger partial charge in [-0.05, 0) is 23.5 Å². The summed E-state index contributed by atoms with van der Waals surface area (Å²) in [6.07, 6.45) is 2.15. The fourth-order valence-corrected chi connectivity index (χ4v) is 1.82. The van der Waals surface area contributed by atoms with Gasteiger partial charge in [0.1, 0.15) is 0 Å². The summed E-state index contributed by atoms with van der Waals surface area (Å²) in [5.74, 6) is 1.90. The van der Waals surface area contributed by atoms with Crippen LogP contribution in [-0.2, 0) is 0 Å². The molecule has 0 saturated heterocycles. The molecule has 1 unspecified atom stereocenters. The molecule has 1 rings (SSSR count). The van der Waals surface area contributed by atoms with Gasteiger partial charge in [0.05, 0.1) is 0 Å². The number of hydrogen-bond acceptors (Lipinski definition) is 1. The molecule has 0 nitrogen and oxygen atoms in total. The molecule has 0 heterocycles. The molecule has 1 heteroatoms. The lowest BCUT2D eigenvalue weighted by molar-refractivity contribution is 0.882. The molecule has 0 aliphatic heterocycles. The highest BCUT2D eigenvalue weighted by Gasteiger charge is 2.01. The van der Waals surface area contributed by atoms with Crippen molar-refractivity contribution < 1.29 is 0 Å². The van der Waals surface area contributed by atoms with Crippen LogP contribution in [0.3, 0.4) is 0 Å². The summed E-state index contributed by atoms with van der Waals surface area (Å²) in [6.45, 7) is 2.27. The summed E-state index contributed by atoms with van der Waals surface area (Å²) in [5.41, 5.74) is 1.45. The van der Waals surface area contributed by atoms with Crippen molar-refractivity contribution in [1.82, 2.24) is 0 Å². The van der Waals surface area contributed by atoms with Gasteiger partial charge in [0.15, 0.2) is 0 Å². The minimum atomic E-state index is 0.686. The van der Waals surface area contributed by atoms with E-state index in [1.807, 2.05) is 11.8 Å². The van der Waals surface area contributed by atoms with Crippen molar-refractivity contribution in [3.63, 3.8) is 0 Å². The summed E-state index contributed by atoms with van der Waals surface area (Å²) in [6, 6.07) is 10.7. The van der Waals surface area contributed by atoms with Crippen LogP contribution in [0.15, 0.2) is 30.3 Å². The lowest BCUT2D eigenvalue weighted by Gasteiger charge is -2.08. The van der Waals surface area contributed by atoms with E-state index in [9.17, 15) is 0 Å². The third kappa shape index (κ3) is 2.58. The zero-order valence-corrected chi connectivity index (χ0v) is 7.90. The van der Waals surface area contributed by atoms with Crippen LogP contribution in [-0.4, -0.2) is 12.0 Å². The van der Waals surface area contributed by atoms with Crippen LogP contribution < -0.4 is 0 Å². The molecule has 0 radical (unpaired) electrons. The Morgan fingerprint density at radius 2 is 1.91 bits per heavy atom. The molecule has 0 bridgehead atoms. The van der Waals surface area contributed by atoms with Crippen LogP contribution >= 0.6 is 11.8 Å². The molecule has 0 aliphatic rings. The molecule has 0 aromatic heterocycles. The van der Waals surface area contributed by atoms with Gasteiger partial charge in [0.25, 0.3) is 0 Å². The third-order valence-electron chi connectivity index (χ3n) is 1.79. The third-order valence-corrected chi connectivity index (χ3v) is 2.62. The van der Waals surface area contributed by atoms with Gasteiger partial charge in [-0.1, -0.05) is 37.3 Å². The summed E-state index contributed by atoms with van der Waals surface area (Å²) in [4.78, 5) is 0. The van der Waals surface area contributed by atoms with Gasteiger partial charge in [0, 0.05) is 0 Å². The second-order valence-corrected chi connectivity index (χ2v) is 3.68. The first-order chi connectivity index (χ1) is 5.34. The number of thioether (sulfide) groups is 1. The molecule has 0 aliphatic carbocycles. The highest BCUT2D eigenvalue weighted by atomic mass is 32.2. The number of hydrogen-bond donors (Lipinski definition) is 0. The zero-order valence-electron chi connectivity index (χ0n) is 7.08. The van der Waals surface area contributed by atoms with Gasteiger partial charge >= 0.3 is 0 Å². The van der Waals surface area contributed by atoms with Gasteiger partial charge in [0.2, 0.25) is 0 Å². The fourth-order valence-electron chi connectivity index (χ4n) is 1.13. The van der Waals surface area contributed by atoms with Crippen molar-refractivity contribution in [2.75, 3.05) is 12.0 Å². The lowest BCUT2D eigenvalue weighted by Crippen LogP contribution is -1.94. The Labute approximate surface area is 73.0 Å². The summed E-state index contributed by atoms with van der Waals surface area (Å²) in [7, 11) is 0. The topological polar surface area (TPSA) is 0 Å². The molecule has 60 valence electrons. The standard InChI is InChI=1S/C10H14S/c1-9(8-11-2)10-6-4-3-5-7-10/h3-7,9H,8H2,1-2H3. The van der Waals surface area contributed by atoms with Crippen LogP contribution in [0, 0.1) is 0 Å².